The minimum absolute atomic E-state index is 0.514. The monoisotopic (exact) mass is 264 g/mol. The van der Waals surface area contributed by atoms with Crippen LogP contribution in [-0.2, 0) is 0 Å². The van der Waals surface area contributed by atoms with Crippen LogP contribution in [0.4, 0.5) is 11.8 Å². The molecule has 1 heterocycles. The second-order valence-electron chi connectivity index (χ2n) is 4.97. The van der Waals surface area contributed by atoms with Crippen LogP contribution in [0.1, 0.15) is 53.4 Å². The maximum atomic E-state index is 4.64. The molecule has 0 bridgehead atoms. The van der Waals surface area contributed by atoms with E-state index in [-0.39, 0.29) is 0 Å². The molecule has 19 heavy (non-hydrogen) atoms. The molecule has 0 saturated carbocycles. The third-order valence-electron chi connectivity index (χ3n) is 3.34. The van der Waals surface area contributed by atoms with Gasteiger partial charge in [-0.25, -0.2) is 4.98 Å². The average molecular weight is 264 g/mol. The Balaban J connectivity index is 2.81. The smallest absolute Gasteiger partial charge is 0.224 e. The fourth-order valence-corrected chi connectivity index (χ4v) is 1.94. The Hall–Kier alpha value is -1.32. The van der Waals surface area contributed by atoms with Gasteiger partial charge in [0, 0.05) is 25.3 Å². The zero-order chi connectivity index (χ0) is 14.1. The normalized spacial score (nSPS) is 12.2. The fraction of sp³-hybridized carbons (Fsp3) is 0.733. The highest BCUT2D eigenvalue weighted by molar-refractivity contribution is 5.43. The van der Waals surface area contributed by atoms with Crippen molar-refractivity contribution in [3.8, 4) is 0 Å². The summed E-state index contributed by atoms with van der Waals surface area (Å²) in [6, 6.07) is 2.53. The number of anilines is 2. The number of hydrogen-bond donors (Lipinski definition) is 1. The van der Waals surface area contributed by atoms with E-state index in [9.17, 15) is 0 Å². The van der Waals surface area contributed by atoms with E-state index in [0.29, 0.717) is 6.04 Å². The Labute approximate surface area is 117 Å². The third kappa shape index (κ3) is 5.05. The van der Waals surface area contributed by atoms with Crippen molar-refractivity contribution in [2.24, 2.45) is 0 Å². The maximum absolute atomic E-state index is 4.64. The average Bonchev–Trinajstić information content (AvgIpc) is 2.45. The van der Waals surface area contributed by atoms with Crippen molar-refractivity contribution < 1.29 is 0 Å². The van der Waals surface area contributed by atoms with Gasteiger partial charge in [0.05, 0.1) is 0 Å². The molecule has 0 aromatic carbocycles. The molecule has 4 heteroatoms. The predicted molar refractivity (Wildman–Crippen MR) is 82.8 cm³/mol. The molecular formula is C15H28N4. The summed E-state index contributed by atoms with van der Waals surface area (Å²) in [4.78, 5) is 11.3. The highest BCUT2D eigenvalue weighted by Gasteiger charge is 2.14. The van der Waals surface area contributed by atoms with E-state index in [1.54, 1.807) is 0 Å². The van der Waals surface area contributed by atoms with Gasteiger partial charge >= 0.3 is 0 Å². The first-order valence-electron chi connectivity index (χ1n) is 7.56. The molecule has 0 aliphatic heterocycles. The molecule has 1 aromatic heterocycles. The predicted octanol–water partition coefficient (Wildman–Crippen LogP) is 3.70. The van der Waals surface area contributed by atoms with Crippen LogP contribution in [0.25, 0.3) is 0 Å². The minimum Gasteiger partial charge on any atom is -0.354 e. The number of nitrogens with zero attached hydrogens (tertiary/aromatic N) is 3. The molecule has 1 N–H and O–H groups in total. The van der Waals surface area contributed by atoms with Gasteiger partial charge in [-0.1, -0.05) is 27.2 Å². The van der Waals surface area contributed by atoms with E-state index < -0.39 is 0 Å². The van der Waals surface area contributed by atoms with Crippen LogP contribution in [-0.4, -0.2) is 29.1 Å². The summed E-state index contributed by atoms with van der Waals surface area (Å²) in [7, 11) is 0. The molecule has 0 aliphatic carbocycles. The van der Waals surface area contributed by atoms with Crippen molar-refractivity contribution in [1.82, 2.24) is 9.97 Å². The Morgan fingerprint density at radius 2 is 2.05 bits per heavy atom. The number of rotatable bonds is 9. The van der Waals surface area contributed by atoms with Crippen LogP contribution in [0.3, 0.4) is 0 Å². The molecule has 108 valence electrons. The molecule has 0 radical (unpaired) electrons. The molecule has 4 nitrogen and oxygen atoms in total. The molecule has 0 amide bonds. The standard InChI is InChI=1S/C15H28N4/c1-5-8-12-19(13(4)7-3)14-9-11-17-15(18-14)16-10-6-2/h9,11,13H,5-8,10,12H2,1-4H3,(H,16,17,18). The van der Waals surface area contributed by atoms with Crippen molar-refractivity contribution in [1.29, 1.82) is 0 Å². The van der Waals surface area contributed by atoms with E-state index in [1.807, 2.05) is 12.3 Å². The van der Waals surface area contributed by atoms with Crippen LogP contribution in [0.2, 0.25) is 0 Å². The van der Waals surface area contributed by atoms with Crippen molar-refractivity contribution >= 4 is 11.8 Å². The zero-order valence-electron chi connectivity index (χ0n) is 12.8. The van der Waals surface area contributed by atoms with Gasteiger partial charge in [0.15, 0.2) is 0 Å². The van der Waals surface area contributed by atoms with Crippen LogP contribution in [0, 0.1) is 0 Å². The highest BCUT2D eigenvalue weighted by atomic mass is 15.2. The lowest BCUT2D eigenvalue weighted by Gasteiger charge is -2.29. The summed E-state index contributed by atoms with van der Waals surface area (Å²) in [5, 5.41) is 3.25. The Kier molecular flexibility index (Phi) is 7.23. The second kappa shape index (κ2) is 8.73. The van der Waals surface area contributed by atoms with Gasteiger partial charge in [0.1, 0.15) is 5.82 Å². The zero-order valence-corrected chi connectivity index (χ0v) is 12.8. The number of hydrogen-bond acceptors (Lipinski definition) is 4. The Bertz CT molecular complexity index is 354. The SMILES string of the molecule is CCCCN(c1ccnc(NCCC)n1)C(C)CC. The molecule has 1 aromatic rings. The second-order valence-corrected chi connectivity index (χ2v) is 4.97. The Morgan fingerprint density at radius 3 is 2.68 bits per heavy atom. The van der Waals surface area contributed by atoms with E-state index >= 15 is 0 Å². The molecule has 0 saturated heterocycles. The molecular weight excluding hydrogens is 236 g/mol. The van der Waals surface area contributed by atoms with Gasteiger partial charge in [-0.3, -0.25) is 0 Å². The highest BCUT2D eigenvalue weighted by Crippen LogP contribution is 2.17. The lowest BCUT2D eigenvalue weighted by molar-refractivity contribution is 0.589. The van der Waals surface area contributed by atoms with Crippen molar-refractivity contribution in [2.75, 3.05) is 23.3 Å². The van der Waals surface area contributed by atoms with Crippen LogP contribution < -0.4 is 10.2 Å². The van der Waals surface area contributed by atoms with E-state index in [0.717, 1.165) is 37.7 Å². The molecule has 0 aliphatic rings. The van der Waals surface area contributed by atoms with Crippen LogP contribution in [0.15, 0.2) is 12.3 Å². The first-order chi connectivity index (χ1) is 9.22. The van der Waals surface area contributed by atoms with Crippen molar-refractivity contribution in [2.45, 2.75) is 59.4 Å². The molecule has 1 unspecified atom stereocenters. The van der Waals surface area contributed by atoms with Gasteiger partial charge in [-0.2, -0.15) is 4.98 Å². The summed E-state index contributed by atoms with van der Waals surface area (Å²) < 4.78 is 0. The maximum Gasteiger partial charge on any atom is 0.224 e. The van der Waals surface area contributed by atoms with Gasteiger partial charge in [-0.15, -0.1) is 0 Å². The van der Waals surface area contributed by atoms with E-state index in [2.05, 4.69) is 47.9 Å². The fourth-order valence-electron chi connectivity index (χ4n) is 1.94. The minimum atomic E-state index is 0.514. The first-order valence-corrected chi connectivity index (χ1v) is 7.56. The van der Waals surface area contributed by atoms with Crippen LogP contribution in [0.5, 0.6) is 0 Å². The van der Waals surface area contributed by atoms with Crippen molar-refractivity contribution in [3.05, 3.63) is 12.3 Å². The van der Waals surface area contributed by atoms with Gasteiger partial charge in [0.25, 0.3) is 0 Å². The number of unbranched alkanes of at least 4 members (excludes halogenated alkanes) is 1. The molecule has 1 atom stereocenters. The summed E-state index contributed by atoms with van der Waals surface area (Å²) in [6.45, 7) is 10.8. The van der Waals surface area contributed by atoms with Crippen molar-refractivity contribution in [3.63, 3.8) is 0 Å². The topological polar surface area (TPSA) is 41.1 Å². The summed E-state index contributed by atoms with van der Waals surface area (Å²) in [6.07, 6.45) is 6.47. The Morgan fingerprint density at radius 1 is 1.26 bits per heavy atom. The van der Waals surface area contributed by atoms with E-state index in [4.69, 9.17) is 0 Å². The summed E-state index contributed by atoms with van der Waals surface area (Å²) in [5.74, 6) is 1.78. The largest absolute Gasteiger partial charge is 0.354 e. The van der Waals surface area contributed by atoms with Crippen LogP contribution >= 0.6 is 0 Å². The van der Waals surface area contributed by atoms with Gasteiger partial charge < -0.3 is 10.2 Å². The van der Waals surface area contributed by atoms with E-state index in [1.165, 1.54) is 12.8 Å². The third-order valence-corrected chi connectivity index (χ3v) is 3.34. The molecule has 1 rings (SSSR count). The summed E-state index contributed by atoms with van der Waals surface area (Å²) in [5.41, 5.74) is 0. The first kappa shape index (κ1) is 15.7. The molecule has 0 spiro atoms. The quantitative estimate of drug-likeness (QED) is 0.738. The number of aromatic nitrogens is 2. The van der Waals surface area contributed by atoms with Gasteiger partial charge in [0.2, 0.25) is 5.95 Å². The molecule has 0 fully saturated rings. The lowest BCUT2D eigenvalue weighted by Crippen LogP contribution is -2.34. The lowest BCUT2D eigenvalue weighted by atomic mass is 10.2. The summed E-state index contributed by atoms with van der Waals surface area (Å²) >= 11 is 0. The van der Waals surface area contributed by atoms with Gasteiger partial charge in [-0.05, 0) is 32.3 Å². The number of nitrogens with one attached hydrogen (secondary N) is 1.